The molecule has 0 aliphatic carbocycles. The zero-order chi connectivity index (χ0) is 25.7. The van der Waals surface area contributed by atoms with Gasteiger partial charge < -0.3 is 14.2 Å². The van der Waals surface area contributed by atoms with E-state index in [4.69, 9.17) is 4.42 Å². The molecule has 2 atom stereocenters. The van der Waals surface area contributed by atoms with Crippen LogP contribution >= 0.6 is 0 Å². The molecule has 39 heavy (non-hydrogen) atoms. The van der Waals surface area contributed by atoms with E-state index in [1.54, 1.807) is 0 Å². The molecule has 0 saturated carbocycles. The van der Waals surface area contributed by atoms with Crippen molar-refractivity contribution in [3.8, 4) is 0 Å². The first kappa shape index (κ1) is 21.2. The van der Waals surface area contributed by atoms with Gasteiger partial charge in [-0.15, -0.1) is 0 Å². The Bertz CT molecular complexity index is 1970. The minimum Gasteiger partial charge on any atom is -0.455 e. The van der Waals surface area contributed by atoms with Crippen LogP contribution in [0.15, 0.2) is 126 Å². The summed E-state index contributed by atoms with van der Waals surface area (Å²) in [4.78, 5) is 5.16. The third-order valence-corrected chi connectivity index (χ3v) is 9.04. The Labute approximate surface area is 227 Å². The highest BCUT2D eigenvalue weighted by atomic mass is 16.3. The summed E-state index contributed by atoms with van der Waals surface area (Å²) >= 11 is 0. The lowest BCUT2D eigenvalue weighted by molar-refractivity contribution is 0.0626. The third kappa shape index (κ3) is 2.53. The number of hydrogen-bond donors (Lipinski definition) is 0. The highest BCUT2D eigenvalue weighted by Crippen LogP contribution is 2.62. The summed E-state index contributed by atoms with van der Waals surface area (Å²) < 4.78 is 6.82. The molecule has 5 aromatic rings. The van der Waals surface area contributed by atoms with Crippen molar-refractivity contribution in [1.82, 2.24) is 9.80 Å². The van der Waals surface area contributed by atoms with Crippen LogP contribution in [0.3, 0.4) is 0 Å². The summed E-state index contributed by atoms with van der Waals surface area (Å²) in [7, 11) is 0. The summed E-state index contributed by atoms with van der Waals surface area (Å²) in [5, 5.41) is 2.38. The van der Waals surface area contributed by atoms with Gasteiger partial charge in [0.25, 0.3) is 0 Å². The van der Waals surface area contributed by atoms with Crippen LogP contribution in [-0.4, -0.2) is 16.3 Å². The van der Waals surface area contributed by atoms with Crippen LogP contribution in [-0.2, 0) is 5.66 Å². The fraction of sp³-hybridized carbons (Fsp3) is 0.111. The summed E-state index contributed by atoms with van der Waals surface area (Å²) in [5.41, 5.74) is 11.7. The Morgan fingerprint density at radius 3 is 2.59 bits per heavy atom. The number of rotatable bonds is 1. The summed E-state index contributed by atoms with van der Waals surface area (Å²) in [6.45, 7) is 2.99. The fourth-order valence-corrected chi connectivity index (χ4v) is 7.45. The second-order valence-corrected chi connectivity index (χ2v) is 10.9. The Hall–Kier alpha value is -4.76. The van der Waals surface area contributed by atoms with Crippen molar-refractivity contribution in [3.63, 3.8) is 0 Å². The van der Waals surface area contributed by atoms with Gasteiger partial charge in [0.05, 0.1) is 6.04 Å². The van der Waals surface area contributed by atoms with Crippen LogP contribution < -0.4 is 0 Å². The molecule has 1 spiro atoms. The van der Waals surface area contributed by atoms with Crippen molar-refractivity contribution >= 4 is 33.2 Å². The molecule has 3 nitrogen and oxygen atoms in total. The Kier molecular flexibility index (Phi) is 4.03. The highest BCUT2D eigenvalue weighted by Gasteiger charge is 2.59. The SMILES string of the molecule is Cc1cccc2c1oc1c3c(ccc12)[C@]1(c2ccccc2C2=CC=CCN21)N1C=CC(c2ccccc2)=CC31. The lowest BCUT2D eigenvalue weighted by Gasteiger charge is -2.47. The van der Waals surface area contributed by atoms with Crippen molar-refractivity contribution in [2.45, 2.75) is 18.6 Å². The van der Waals surface area contributed by atoms with Crippen LogP contribution in [0, 0.1) is 6.92 Å². The molecular weight excluding hydrogens is 476 g/mol. The van der Waals surface area contributed by atoms with Crippen LogP contribution in [0.25, 0.3) is 33.2 Å². The highest BCUT2D eigenvalue weighted by molar-refractivity contribution is 6.08. The number of allylic oxidation sites excluding steroid dienone is 4. The summed E-state index contributed by atoms with van der Waals surface area (Å²) in [5.74, 6) is 0. The standard InChI is InChI=1S/C36H26N2O/c1-23-10-9-14-26-27-17-18-30-33(35(27)39-34(23)26)32-22-25(24-11-3-2-4-12-24)19-21-38(32)36(30)29-15-6-5-13-28(29)31-16-7-8-20-37(31)36/h2-19,21-22,32H,20H2,1H3/t32?,36-/m0/s1. The molecule has 4 aliphatic heterocycles. The van der Waals surface area contributed by atoms with Gasteiger partial charge in [0.15, 0.2) is 5.66 Å². The van der Waals surface area contributed by atoms with Crippen molar-refractivity contribution in [1.29, 1.82) is 0 Å². The minimum atomic E-state index is -0.454. The molecule has 186 valence electrons. The Morgan fingerprint density at radius 2 is 1.67 bits per heavy atom. The maximum absolute atomic E-state index is 6.82. The van der Waals surface area contributed by atoms with Gasteiger partial charge in [-0.2, -0.15) is 0 Å². The molecule has 0 saturated heterocycles. The number of nitrogens with zero attached hydrogens (tertiary/aromatic N) is 2. The molecule has 0 radical (unpaired) electrons. The van der Waals surface area contributed by atoms with Crippen LogP contribution in [0.1, 0.15) is 39.4 Å². The van der Waals surface area contributed by atoms with Crippen LogP contribution in [0.4, 0.5) is 0 Å². The normalized spacial score (nSPS) is 22.2. The van der Waals surface area contributed by atoms with Crippen molar-refractivity contribution in [2.75, 3.05) is 6.54 Å². The molecule has 0 amide bonds. The quantitative estimate of drug-likeness (QED) is 0.230. The summed E-state index contributed by atoms with van der Waals surface area (Å²) in [6, 6.07) is 30.8. The van der Waals surface area contributed by atoms with E-state index in [9.17, 15) is 0 Å². The van der Waals surface area contributed by atoms with E-state index in [0.717, 1.165) is 17.7 Å². The van der Waals surface area contributed by atoms with E-state index in [1.807, 2.05) is 0 Å². The number of hydrogen-bond acceptors (Lipinski definition) is 3. The molecule has 5 heterocycles. The Morgan fingerprint density at radius 1 is 0.821 bits per heavy atom. The van der Waals surface area contributed by atoms with Gasteiger partial charge in [0.1, 0.15) is 11.2 Å². The van der Waals surface area contributed by atoms with E-state index in [0.29, 0.717) is 0 Å². The molecule has 1 unspecified atom stereocenters. The van der Waals surface area contributed by atoms with Gasteiger partial charge in [-0.25, -0.2) is 0 Å². The predicted octanol–water partition coefficient (Wildman–Crippen LogP) is 8.29. The predicted molar refractivity (Wildman–Crippen MR) is 158 cm³/mol. The molecule has 1 aromatic heterocycles. The number of benzene rings is 4. The number of para-hydroxylation sites is 1. The monoisotopic (exact) mass is 502 g/mol. The van der Waals surface area contributed by atoms with Gasteiger partial charge in [0, 0.05) is 51.5 Å². The van der Waals surface area contributed by atoms with Gasteiger partial charge in [-0.3, -0.25) is 0 Å². The second-order valence-electron chi connectivity index (χ2n) is 10.9. The molecule has 0 bridgehead atoms. The number of aryl methyl sites for hydroxylation is 1. The van der Waals surface area contributed by atoms with E-state index in [-0.39, 0.29) is 6.04 Å². The average molecular weight is 503 g/mol. The zero-order valence-electron chi connectivity index (χ0n) is 21.6. The van der Waals surface area contributed by atoms with E-state index < -0.39 is 5.66 Å². The lowest BCUT2D eigenvalue weighted by Crippen LogP contribution is -2.50. The molecule has 3 heteroatoms. The van der Waals surface area contributed by atoms with Gasteiger partial charge in [0.2, 0.25) is 0 Å². The van der Waals surface area contributed by atoms with Gasteiger partial charge >= 0.3 is 0 Å². The van der Waals surface area contributed by atoms with Crippen molar-refractivity contribution in [2.24, 2.45) is 0 Å². The Balaban J connectivity index is 1.40. The average Bonchev–Trinajstić information content (AvgIpc) is 3.62. The van der Waals surface area contributed by atoms with E-state index in [1.165, 1.54) is 55.4 Å². The molecule has 4 aromatic carbocycles. The largest absolute Gasteiger partial charge is 0.455 e. The van der Waals surface area contributed by atoms with Gasteiger partial charge in [-0.1, -0.05) is 97.1 Å². The molecule has 0 N–H and O–H groups in total. The third-order valence-electron chi connectivity index (χ3n) is 9.04. The topological polar surface area (TPSA) is 19.6 Å². The first-order valence-corrected chi connectivity index (χ1v) is 13.7. The number of furan rings is 1. The first-order chi connectivity index (χ1) is 19.3. The molecule has 0 fully saturated rings. The molecule has 9 rings (SSSR count). The molecular formula is C36H26N2O. The van der Waals surface area contributed by atoms with Crippen molar-refractivity contribution in [3.05, 3.63) is 155 Å². The molecule has 4 aliphatic rings. The smallest absolute Gasteiger partial charge is 0.168 e. The first-order valence-electron chi connectivity index (χ1n) is 13.7. The van der Waals surface area contributed by atoms with E-state index in [2.05, 4.69) is 138 Å². The summed E-state index contributed by atoms with van der Waals surface area (Å²) in [6.07, 6.45) is 13.8. The zero-order valence-corrected chi connectivity index (χ0v) is 21.6. The van der Waals surface area contributed by atoms with Crippen LogP contribution in [0.2, 0.25) is 0 Å². The van der Waals surface area contributed by atoms with Gasteiger partial charge in [-0.05, 0) is 41.9 Å². The lowest BCUT2D eigenvalue weighted by atomic mass is 9.89. The number of fused-ring (bicyclic) bond motifs is 14. The maximum Gasteiger partial charge on any atom is 0.168 e. The van der Waals surface area contributed by atoms with Crippen LogP contribution in [0.5, 0.6) is 0 Å². The van der Waals surface area contributed by atoms with E-state index >= 15 is 0 Å². The maximum atomic E-state index is 6.82. The fourth-order valence-electron chi connectivity index (χ4n) is 7.45. The minimum absolute atomic E-state index is 0.0306. The van der Waals surface area contributed by atoms with Crippen molar-refractivity contribution < 1.29 is 4.42 Å². The second kappa shape index (κ2) is 7.42.